The first-order valence-electron chi connectivity index (χ1n) is 7.74. The van der Waals surface area contributed by atoms with Crippen molar-refractivity contribution in [1.29, 1.82) is 0 Å². The van der Waals surface area contributed by atoms with Crippen LogP contribution in [0.3, 0.4) is 0 Å². The second-order valence-corrected chi connectivity index (χ2v) is 8.12. The van der Waals surface area contributed by atoms with E-state index in [1.165, 1.54) is 19.3 Å². The molecular formula is C16H24ClNO2S. The molecule has 0 aromatic heterocycles. The summed E-state index contributed by atoms with van der Waals surface area (Å²) in [5.41, 5.74) is 1.11. The minimum Gasteiger partial charge on any atom is -0.369 e. The van der Waals surface area contributed by atoms with Crippen LogP contribution in [-0.2, 0) is 9.84 Å². The van der Waals surface area contributed by atoms with Crippen LogP contribution in [0.1, 0.15) is 39.0 Å². The molecule has 5 heteroatoms. The summed E-state index contributed by atoms with van der Waals surface area (Å²) < 4.78 is 24.1. The van der Waals surface area contributed by atoms with E-state index < -0.39 is 9.84 Å². The van der Waals surface area contributed by atoms with Crippen LogP contribution in [-0.4, -0.2) is 32.6 Å². The second kappa shape index (κ2) is 7.50. The van der Waals surface area contributed by atoms with E-state index in [2.05, 4.69) is 4.90 Å². The Balaban J connectivity index is 2.15. The van der Waals surface area contributed by atoms with E-state index >= 15 is 0 Å². The van der Waals surface area contributed by atoms with Crippen LogP contribution in [0, 0.1) is 0 Å². The lowest BCUT2D eigenvalue weighted by Crippen LogP contribution is -2.41. The third-order valence-corrected chi connectivity index (χ3v) is 6.25. The van der Waals surface area contributed by atoms with Gasteiger partial charge in [-0.3, -0.25) is 0 Å². The highest BCUT2D eigenvalue weighted by Gasteiger charge is 2.25. The third-order valence-electron chi connectivity index (χ3n) is 4.05. The summed E-state index contributed by atoms with van der Waals surface area (Å²) >= 11 is 5.81. The van der Waals surface area contributed by atoms with Crippen LogP contribution in [0.15, 0.2) is 29.2 Å². The molecule has 0 bridgehead atoms. The molecule has 0 heterocycles. The van der Waals surface area contributed by atoms with Gasteiger partial charge in [0.25, 0.3) is 0 Å². The van der Waals surface area contributed by atoms with E-state index in [1.54, 1.807) is 12.1 Å². The molecule has 0 N–H and O–H groups in total. The van der Waals surface area contributed by atoms with Crippen LogP contribution < -0.4 is 4.90 Å². The maximum atomic E-state index is 12.1. The fourth-order valence-corrected chi connectivity index (χ4v) is 4.13. The van der Waals surface area contributed by atoms with Crippen molar-refractivity contribution >= 4 is 27.1 Å². The van der Waals surface area contributed by atoms with Gasteiger partial charge in [-0.15, -0.1) is 11.6 Å². The molecule has 1 aromatic carbocycles. The number of sulfone groups is 1. The van der Waals surface area contributed by atoms with Crippen LogP contribution in [0.2, 0.25) is 0 Å². The van der Waals surface area contributed by atoms with E-state index in [9.17, 15) is 8.42 Å². The number of rotatable bonds is 8. The molecule has 0 radical (unpaired) electrons. The van der Waals surface area contributed by atoms with Gasteiger partial charge in [0.1, 0.15) is 0 Å². The highest BCUT2D eigenvalue weighted by molar-refractivity contribution is 7.91. The predicted octanol–water partition coefficient (Wildman–Crippen LogP) is 3.86. The van der Waals surface area contributed by atoms with Crippen molar-refractivity contribution in [2.45, 2.75) is 50.0 Å². The Kier molecular flexibility index (Phi) is 5.94. The minimum atomic E-state index is -3.12. The van der Waals surface area contributed by atoms with E-state index in [-0.39, 0.29) is 5.75 Å². The van der Waals surface area contributed by atoms with Gasteiger partial charge in [0, 0.05) is 24.2 Å². The summed E-state index contributed by atoms with van der Waals surface area (Å²) in [7, 11) is -3.12. The van der Waals surface area contributed by atoms with Crippen molar-refractivity contribution in [2.24, 2.45) is 0 Å². The molecule has 1 aliphatic rings. The molecule has 3 nitrogen and oxygen atoms in total. The molecule has 0 saturated heterocycles. The van der Waals surface area contributed by atoms with Crippen molar-refractivity contribution < 1.29 is 8.42 Å². The lowest BCUT2D eigenvalue weighted by molar-refractivity contribution is 0.386. The van der Waals surface area contributed by atoms with Crippen LogP contribution in [0.4, 0.5) is 5.69 Å². The molecule has 1 aliphatic carbocycles. The molecule has 0 aliphatic heterocycles. The Hall–Kier alpha value is -0.740. The molecule has 0 spiro atoms. The molecule has 0 amide bonds. The fraction of sp³-hybridized carbons (Fsp3) is 0.625. The first kappa shape index (κ1) is 16.6. The Morgan fingerprint density at radius 1 is 1.24 bits per heavy atom. The number of benzene rings is 1. The smallest absolute Gasteiger partial charge is 0.178 e. The average molecular weight is 330 g/mol. The predicted molar refractivity (Wildman–Crippen MR) is 89.1 cm³/mol. The molecule has 0 unspecified atom stereocenters. The van der Waals surface area contributed by atoms with E-state index in [1.807, 2.05) is 19.1 Å². The monoisotopic (exact) mass is 329 g/mol. The van der Waals surface area contributed by atoms with Gasteiger partial charge in [0.15, 0.2) is 9.84 Å². The zero-order valence-corrected chi connectivity index (χ0v) is 14.2. The van der Waals surface area contributed by atoms with Gasteiger partial charge in [-0.25, -0.2) is 8.42 Å². The zero-order chi connectivity index (χ0) is 15.3. The SMILES string of the molecule is CCCS(=O)(=O)c1ccc(N(CCCCl)C2CCC2)cc1. The maximum Gasteiger partial charge on any atom is 0.178 e. The van der Waals surface area contributed by atoms with E-state index in [4.69, 9.17) is 11.6 Å². The minimum absolute atomic E-state index is 0.213. The van der Waals surface area contributed by atoms with Gasteiger partial charge in [-0.2, -0.15) is 0 Å². The zero-order valence-electron chi connectivity index (χ0n) is 12.6. The van der Waals surface area contributed by atoms with Crippen molar-refractivity contribution in [3.63, 3.8) is 0 Å². The Morgan fingerprint density at radius 2 is 1.90 bits per heavy atom. The Bertz CT molecular complexity index is 538. The molecule has 2 rings (SSSR count). The molecule has 1 fully saturated rings. The van der Waals surface area contributed by atoms with Crippen molar-refractivity contribution in [3.8, 4) is 0 Å². The molecular weight excluding hydrogens is 306 g/mol. The number of hydrogen-bond acceptors (Lipinski definition) is 3. The first-order valence-corrected chi connectivity index (χ1v) is 9.92. The summed E-state index contributed by atoms with van der Waals surface area (Å²) in [5.74, 6) is 0.872. The Morgan fingerprint density at radius 3 is 2.38 bits per heavy atom. The third kappa shape index (κ3) is 4.13. The van der Waals surface area contributed by atoms with E-state index in [0.29, 0.717) is 23.2 Å². The van der Waals surface area contributed by atoms with Crippen molar-refractivity contribution in [3.05, 3.63) is 24.3 Å². The summed E-state index contributed by atoms with van der Waals surface area (Å²) in [6.45, 7) is 2.83. The number of nitrogens with zero attached hydrogens (tertiary/aromatic N) is 1. The second-order valence-electron chi connectivity index (χ2n) is 5.63. The number of anilines is 1. The van der Waals surface area contributed by atoms with Gasteiger partial charge in [-0.1, -0.05) is 6.92 Å². The fourth-order valence-electron chi connectivity index (χ4n) is 2.68. The highest BCUT2D eigenvalue weighted by Crippen LogP contribution is 2.30. The standard InChI is InChI=1S/C16H24ClNO2S/c1-2-13-21(19,20)16-9-7-15(8-10-16)18(12-4-11-17)14-5-3-6-14/h7-10,14H,2-6,11-13H2,1H3. The number of halogens is 1. The topological polar surface area (TPSA) is 37.4 Å². The molecule has 1 saturated carbocycles. The first-order chi connectivity index (χ1) is 10.1. The van der Waals surface area contributed by atoms with Gasteiger partial charge in [-0.05, 0) is 56.4 Å². The van der Waals surface area contributed by atoms with Gasteiger partial charge < -0.3 is 4.90 Å². The van der Waals surface area contributed by atoms with Gasteiger partial charge in [0.05, 0.1) is 10.6 Å². The highest BCUT2D eigenvalue weighted by atomic mass is 35.5. The molecule has 118 valence electrons. The summed E-state index contributed by atoms with van der Waals surface area (Å²) in [6, 6.07) is 7.95. The number of hydrogen-bond donors (Lipinski definition) is 0. The Labute approximate surface area is 133 Å². The van der Waals surface area contributed by atoms with Crippen LogP contribution >= 0.6 is 11.6 Å². The summed E-state index contributed by atoms with van der Waals surface area (Å²) in [4.78, 5) is 2.81. The van der Waals surface area contributed by atoms with Crippen LogP contribution in [0.25, 0.3) is 0 Å². The van der Waals surface area contributed by atoms with Crippen molar-refractivity contribution in [2.75, 3.05) is 23.1 Å². The molecule has 1 aromatic rings. The largest absolute Gasteiger partial charge is 0.369 e. The van der Waals surface area contributed by atoms with Crippen molar-refractivity contribution in [1.82, 2.24) is 0 Å². The molecule has 0 atom stereocenters. The average Bonchev–Trinajstić information content (AvgIpc) is 2.41. The molecule has 21 heavy (non-hydrogen) atoms. The van der Waals surface area contributed by atoms with Gasteiger partial charge >= 0.3 is 0 Å². The summed E-state index contributed by atoms with van der Waals surface area (Å²) in [5, 5.41) is 0. The summed E-state index contributed by atoms with van der Waals surface area (Å²) in [6.07, 6.45) is 5.32. The lowest BCUT2D eigenvalue weighted by atomic mass is 9.91. The normalized spacial score (nSPS) is 15.7. The van der Waals surface area contributed by atoms with Crippen LogP contribution in [0.5, 0.6) is 0 Å². The quantitative estimate of drug-likeness (QED) is 0.680. The number of alkyl halides is 1. The maximum absolute atomic E-state index is 12.1. The van der Waals surface area contributed by atoms with Gasteiger partial charge in [0.2, 0.25) is 0 Å². The van der Waals surface area contributed by atoms with E-state index in [0.717, 1.165) is 18.7 Å². The lowest BCUT2D eigenvalue weighted by Gasteiger charge is -2.39.